The first-order valence-corrected chi connectivity index (χ1v) is 8.39. The standard InChI is InChI=1S/C11H18BrN3O2S/c1-9(12)10-3-5-15(6-4-10)18(16,17)11-7-13-14(2)8-11/h7-10H,3-6H2,1-2H3. The fraction of sp³-hybridized carbons (Fsp3) is 0.727. The Balaban J connectivity index is 2.09. The lowest BCUT2D eigenvalue weighted by atomic mass is 9.96. The molecule has 2 rings (SSSR count). The highest BCUT2D eigenvalue weighted by molar-refractivity contribution is 9.09. The van der Waals surface area contributed by atoms with Gasteiger partial charge in [-0.1, -0.05) is 22.9 Å². The van der Waals surface area contributed by atoms with Crippen LogP contribution in [0.25, 0.3) is 0 Å². The van der Waals surface area contributed by atoms with E-state index in [4.69, 9.17) is 0 Å². The molecule has 7 heteroatoms. The van der Waals surface area contributed by atoms with E-state index in [1.165, 1.54) is 10.9 Å². The van der Waals surface area contributed by atoms with Crippen LogP contribution in [-0.4, -0.2) is 40.4 Å². The second-order valence-electron chi connectivity index (χ2n) is 4.77. The molecule has 1 saturated heterocycles. The lowest BCUT2D eigenvalue weighted by Gasteiger charge is -2.32. The summed E-state index contributed by atoms with van der Waals surface area (Å²) in [6.07, 6.45) is 4.78. The lowest BCUT2D eigenvalue weighted by Crippen LogP contribution is -2.39. The molecule has 1 atom stereocenters. The number of alkyl halides is 1. The number of piperidine rings is 1. The van der Waals surface area contributed by atoms with Crippen molar-refractivity contribution in [3.8, 4) is 0 Å². The Bertz CT molecular complexity index is 504. The van der Waals surface area contributed by atoms with Gasteiger partial charge in [0.15, 0.2) is 0 Å². The van der Waals surface area contributed by atoms with Crippen molar-refractivity contribution in [3.05, 3.63) is 12.4 Å². The molecule has 0 radical (unpaired) electrons. The van der Waals surface area contributed by atoms with Crippen molar-refractivity contribution in [1.82, 2.24) is 14.1 Å². The van der Waals surface area contributed by atoms with Crippen LogP contribution in [0.1, 0.15) is 19.8 Å². The van der Waals surface area contributed by atoms with E-state index in [0.29, 0.717) is 23.8 Å². The number of aryl methyl sites for hydroxylation is 1. The monoisotopic (exact) mass is 335 g/mol. The van der Waals surface area contributed by atoms with Gasteiger partial charge in [-0.05, 0) is 18.8 Å². The largest absolute Gasteiger partial charge is 0.274 e. The normalized spacial score (nSPS) is 21.1. The quantitative estimate of drug-likeness (QED) is 0.788. The van der Waals surface area contributed by atoms with Crippen molar-refractivity contribution in [2.45, 2.75) is 29.5 Å². The Labute approximate surface area is 116 Å². The zero-order valence-corrected chi connectivity index (χ0v) is 13.0. The maximum atomic E-state index is 12.3. The van der Waals surface area contributed by atoms with E-state index >= 15 is 0 Å². The number of rotatable bonds is 3. The van der Waals surface area contributed by atoms with Gasteiger partial charge in [0.1, 0.15) is 4.90 Å². The number of hydrogen-bond acceptors (Lipinski definition) is 3. The van der Waals surface area contributed by atoms with Gasteiger partial charge in [-0.25, -0.2) is 8.42 Å². The fourth-order valence-corrected chi connectivity index (χ4v) is 4.24. The average Bonchev–Trinajstić information content (AvgIpc) is 2.76. The van der Waals surface area contributed by atoms with Gasteiger partial charge in [0.05, 0.1) is 6.20 Å². The van der Waals surface area contributed by atoms with Gasteiger partial charge in [0, 0.05) is 31.2 Å². The van der Waals surface area contributed by atoms with Gasteiger partial charge in [-0.15, -0.1) is 0 Å². The topological polar surface area (TPSA) is 55.2 Å². The summed E-state index contributed by atoms with van der Waals surface area (Å²) in [4.78, 5) is 0.732. The number of nitrogens with zero attached hydrogens (tertiary/aromatic N) is 3. The van der Waals surface area contributed by atoms with E-state index in [2.05, 4.69) is 28.0 Å². The van der Waals surface area contributed by atoms with Crippen LogP contribution in [0, 0.1) is 5.92 Å². The lowest BCUT2D eigenvalue weighted by molar-refractivity contribution is 0.275. The molecule has 1 aromatic heterocycles. The minimum absolute atomic E-state index is 0.287. The highest BCUT2D eigenvalue weighted by Gasteiger charge is 2.31. The molecule has 0 amide bonds. The summed E-state index contributed by atoms with van der Waals surface area (Å²) >= 11 is 3.57. The minimum Gasteiger partial charge on any atom is -0.274 e. The Morgan fingerprint density at radius 2 is 2.06 bits per heavy atom. The fourth-order valence-electron chi connectivity index (χ4n) is 2.26. The van der Waals surface area contributed by atoms with E-state index in [0.717, 1.165) is 12.8 Å². The average molecular weight is 336 g/mol. The Morgan fingerprint density at radius 3 is 2.50 bits per heavy atom. The molecular formula is C11H18BrN3O2S. The molecule has 0 saturated carbocycles. The van der Waals surface area contributed by atoms with Gasteiger partial charge < -0.3 is 0 Å². The van der Waals surface area contributed by atoms with Gasteiger partial charge in [-0.3, -0.25) is 4.68 Å². The number of hydrogen-bond donors (Lipinski definition) is 0. The second kappa shape index (κ2) is 5.30. The van der Waals surface area contributed by atoms with Crippen LogP contribution < -0.4 is 0 Å². The summed E-state index contributed by atoms with van der Waals surface area (Å²) in [6.45, 7) is 3.31. The minimum atomic E-state index is -3.36. The van der Waals surface area contributed by atoms with Gasteiger partial charge in [-0.2, -0.15) is 9.40 Å². The molecular weight excluding hydrogens is 318 g/mol. The molecule has 0 spiro atoms. The molecule has 5 nitrogen and oxygen atoms in total. The van der Waals surface area contributed by atoms with Gasteiger partial charge in [0.2, 0.25) is 10.0 Å². The third-order valence-corrected chi connectivity index (χ3v) is 6.07. The maximum absolute atomic E-state index is 12.3. The van der Waals surface area contributed by atoms with Gasteiger partial charge in [0.25, 0.3) is 0 Å². The number of halogens is 1. The van der Waals surface area contributed by atoms with Gasteiger partial charge >= 0.3 is 0 Å². The summed E-state index contributed by atoms with van der Waals surface area (Å²) < 4.78 is 27.8. The first kappa shape index (κ1) is 14.0. The van der Waals surface area contributed by atoms with Crippen molar-refractivity contribution >= 4 is 26.0 Å². The third kappa shape index (κ3) is 2.78. The maximum Gasteiger partial charge on any atom is 0.246 e. The molecule has 18 heavy (non-hydrogen) atoms. The Morgan fingerprint density at radius 1 is 1.44 bits per heavy atom. The van der Waals surface area contributed by atoms with E-state index < -0.39 is 10.0 Å². The SMILES string of the molecule is CC(Br)C1CCN(S(=O)(=O)c2cnn(C)c2)CC1. The van der Waals surface area contributed by atoms with Crippen molar-refractivity contribution < 1.29 is 8.42 Å². The van der Waals surface area contributed by atoms with E-state index in [1.54, 1.807) is 17.5 Å². The second-order valence-corrected chi connectivity index (χ2v) is 8.15. The summed E-state index contributed by atoms with van der Waals surface area (Å²) in [6, 6.07) is 0. The molecule has 0 aromatic carbocycles. The van der Waals surface area contributed by atoms with Crippen molar-refractivity contribution in [3.63, 3.8) is 0 Å². The Hall–Kier alpha value is -0.400. The van der Waals surface area contributed by atoms with Crippen LogP contribution >= 0.6 is 15.9 Å². The van der Waals surface area contributed by atoms with E-state index in [1.807, 2.05) is 0 Å². The van der Waals surface area contributed by atoms with Crippen LogP contribution in [0.4, 0.5) is 0 Å². The number of sulfonamides is 1. The summed E-state index contributed by atoms with van der Waals surface area (Å²) in [5.74, 6) is 0.561. The first-order valence-electron chi connectivity index (χ1n) is 6.04. The van der Waals surface area contributed by atoms with Crippen LogP contribution in [-0.2, 0) is 17.1 Å². The molecule has 1 aromatic rings. The predicted octanol–water partition coefficient (Wildman–Crippen LogP) is 1.60. The Kier molecular flexibility index (Phi) is 4.13. The summed E-state index contributed by atoms with van der Waals surface area (Å²) in [5.41, 5.74) is 0. The van der Waals surface area contributed by atoms with E-state index in [-0.39, 0.29) is 4.90 Å². The molecule has 2 heterocycles. The predicted molar refractivity (Wildman–Crippen MR) is 73.1 cm³/mol. The summed E-state index contributed by atoms with van der Waals surface area (Å²) in [5, 5.41) is 3.92. The van der Waals surface area contributed by atoms with Crippen LogP contribution in [0.3, 0.4) is 0 Å². The highest BCUT2D eigenvalue weighted by atomic mass is 79.9. The highest BCUT2D eigenvalue weighted by Crippen LogP contribution is 2.28. The van der Waals surface area contributed by atoms with Crippen molar-refractivity contribution in [2.24, 2.45) is 13.0 Å². The molecule has 1 unspecified atom stereocenters. The molecule has 0 bridgehead atoms. The summed E-state index contributed by atoms with van der Waals surface area (Å²) in [7, 11) is -1.64. The number of aromatic nitrogens is 2. The zero-order chi connectivity index (χ0) is 13.3. The van der Waals surface area contributed by atoms with Crippen LogP contribution in [0.2, 0.25) is 0 Å². The third-order valence-electron chi connectivity index (χ3n) is 3.47. The molecule has 0 aliphatic carbocycles. The molecule has 1 aliphatic heterocycles. The van der Waals surface area contributed by atoms with E-state index in [9.17, 15) is 8.42 Å². The molecule has 1 fully saturated rings. The molecule has 0 N–H and O–H groups in total. The van der Waals surface area contributed by atoms with Crippen molar-refractivity contribution in [1.29, 1.82) is 0 Å². The zero-order valence-electron chi connectivity index (χ0n) is 10.6. The van der Waals surface area contributed by atoms with Crippen LogP contribution in [0.15, 0.2) is 17.3 Å². The van der Waals surface area contributed by atoms with Crippen LogP contribution in [0.5, 0.6) is 0 Å². The first-order chi connectivity index (χ1) is 8.41. The molecule has 1 aliphatic rings. The smallest absolute Gasteiger partial charge is 0.246 e. The van der Waals surface area contributed by atoms with Crippen molar-refractivity contribution in [2.75, 3.05) is 13.1 Å². The molecule has 102 valence electrons.